The number of carboxylic acids is 1. The maximum atomic E-state index is 15.5. The molecule has 0 saturated carbocycles. The first kappa shape index (κ1) is 26.8. The summed E-state index contributed by atoms with van der Waals surface area (Å²) in [5.41, 5.74) is -2.18. The number of aliphatic carboxylic acids is 1. The molecule has 0 aromatic heterocycles. The van der Waals surface area contributed by atoms with Crippen LogP contribution in [0.5, 0.6) is 0 Å². The quantitative estimate of drug-likeness (QED) is 0.467. The highest BCUT2D eigenvalue weighted by Gasteiger charge is 2.61. The van der Waals surface area contributed by atoms with E-state index in [9.17, 15) is 15.2 Å². The molecule has 2 fully saturated rings. The van der Waals surface area contributed by atoms with E-state index in [1.54, 1.807) is 0 Å². The van der Waals surface area contributed by atoms with Crippen molar-refractivity contribution >= 4 is 29.2 Å². The molecule has 4 atom stereocenters. The fraction of sp³-hybridized carbons (Fsp3) is 0.481. The minimum Gasteiger partial charge on any atom is -0.480 e. The summed E-state index contributed by atoms with van der Waals surface area (Å²) in [4.78, 5) is 12.5. The lowest BCUT2D eigenvalue weighted by atomic mass is 9.60. The Labute approximate surface area is 219 Å². The molecule has 5 nitrogen and oxygen atoms in total. The lowest BCUT2D eigenvalue weighted by Crippen LogP contribution is -2.47. The summed E-state index contributed by atoms with van der Waals surface area (Å²) >= 11 is 12.1. The standard InChI is InChI=1S/C27H28Cl2F2N2O3/c1-26(2,15-8-10-36-11-9-15)13-21-27(14-32,18-7-6-16(28)12-20(18)30)22(24(33-21)25(34)35)17-4-3-5-19(29)23(17)31/h3-7,12,15,21-22,24,33H,8-11,13H2,1-2H3,(H,34,35). The Hall–Kier alpha value is -2.24. The highest BCUT2D eigenvalue weighted by atomic mass is 35.5. The van der Waals surface area contributed by atoms with Gasteiger partial charge in [0.1, 0.15) is 23.1 Å². The summed E-state index contributed by atoms with van der Waals surface area (Å²) in [5, 5.41) is 24.0. The molecule has 2 saturated heterocycles. The molecule has 0 radical (unpaired) electrons. The molecule has 2 N–H and O–H groups in total. The molecular weight excluding hydrogens is 509 g/mol. The van der Waals surface area contributed by atoms with E-state index in [0.717, 1.165) is 18.9 Å². The lowest BCUT2D eigenvalue weighted by Gasteiger charge is -2.42. The number of ether oxygens (including phenoxy) is 1. The third kappa shape index (κ3) is 4.61. The van der Waals surface area contributed by atoms with Gasteiger partial charge in [0.25, 0.3) is 0 Å². The normalized spacial score (nSPS) is 27.1. The van der Waals surface area contributed by atoms with Crippen molar-refractivity contribution in [2.75, 3.05) is 13.2 Å². The van der Waals surface area contributed by atoms with Crippen molar-refractivity contribution in [3.8, 4) is 6.07 Å². The van der Waals surface area contributed by atoms with Crippen molar-refractivity contribution < 1.29 is 23.4 Å². The molecule has 192 valence electrons. The van der Waals surface area contributed by atoms with Crippen LogP contribution in [-0.4, -0.2) is 36.4 Å². The number of nitrogens with one attached hydrogen (secondary N) is 1. The predicted octanol–water partition coefficient (Wildman–Crippen LogP) is 6.08. The second kappa shape index (κ2) is 10.3. The van der Waals surface area contributed by atoms with Gasteiger partial charge in [-0.1, -0.05) is 55.2 Å². The third-order valence-electron chi connectivity index (χ3n) is 7.96. The summed E-state index contributed by atoms with van der Waals surface area (Å²) in [5.74, 6) is -3.84. The maximum Gasteiger partial charge on any atom is 0.321 e. The Morgan fingerprint density at radius 3 is 2.56 bits per heavy atom. The Balaban J connectivity index is 1.94. The summed E-state index contributed by atoms with van der Waals surface area (Å²) < 4.78 is 36.5. The van der Waals surface area contributed by atoms with Gasteiger partial charge in [0, 0.05) is 35.8 Å². The van der Waals surface area contributed by atoms with E-state index in [1.807, 2.05) is 0 Å². The first-order chi connectivity index (χ1) is 17.0. The Morgan fingerprint density at radius 2 is 1.94 bits per heavy atom. The Kier molecular flexibility index (Phi) is 7.64. The van der Waals surface area contributed by atoms with Gasteiger partial charge in [0.05, 0.1) is 11.1 Å². The minimum atomic E-state index is -1.76. The van der Waals surface area contributed by atoms with Crippen LogP contribution in [0.3, 0.4) is 0 Å². The molecule has 2 aromatic carbocycles. The van der Waals surface area contributed by atoms with Crippen LogP contribution in [0.25, 0.3) is 0 Å². The van der Waals surface area contributed by atoms with Gasteiger partial charge in [-0.05, 0) is 54.4 Å². The lowest BCUT2D eigenvalue weighted by molar-refractivity contribution is -0.139. The monoisotopic (exact) mass is 536 g/mol. The fourth-order valence-corrected chi connectivity index (χ4v) is 6.44. The largest absolute Gasteiger partial charge is 0.480 e. The van der Waals surface area contributed by atoms with Crippen LogP contribution >= 0.6 is 23.2 Å². The Bertz CT molecular complexity index is 1200. The summed E-state index contributed by atoms with van der Waals surface area (Å²) in [7, 11) is 0. The van der Waals surface area contributed by atoms with Gasteiger partial charge in [-0.2, -0.15) is 5.26 Å². The molecule has 9 heteroatoms. The van der Waals surface area contributed by atoms with E-state index in [2.05, 4.69) is 25.2 Å². The summed E-state index contributed by atoms with van der Waals surface area (Å²) in [6.07, 6.45) is 2.00. The molecule has 4 rings (SSSR count). The highest BCUT2D eigenvalue weighted by Crippen LogP contribution is 2.54. The van der Waals surface area contributed by atoms with Crippen LogP contribution < -0.4 is 5.32 Å². The molecule has 4 unspecified atom stereocenters. The van der Waals surface area contributed by atoms with Crippen molar-refractivity contribution in [2.45, 2.75) is 56.5 Å². The second-order valence-electron chi connectivity index (χ2n) is 10.3. The SMILES string of the molecule is CC(C)(CC1NC(C(=O)O)C(c2cccc(Cl)c2F)C1(C#N)c1ccc(Cl)cc1F)C1CCOCC1. The van der Waals surface area contributed by atoms with Crippen LogP contribution in [0.15, 0.2) is 36.4 Å². The molecule has 2 heterocycles. The first-order valence-corrected chi connectivity index (χ1v) is 12.7. The van der Waals surface area contributed by atoms with Gasteiger partial charge >= 0.3 is 5.97 Å². The fourth-order valence-electron chi connectivity index (χ4n) is 6.10. The van der Waals surface area contributed by atoms with Gasteiger partial charge in [0.2, 0.25) is 0 Å². The van der Waals surface area contributed by atoms with Crippen molar-refractivity contribution in [3.05, 3.63) is 69.2 Å². The van der Waals surface area contributed by atoms with E-state index in [4.69, 9.17) is 27.9 Å². The molecule has 0 amide bonds. The van der Waals surface area contributed by atoms with E-state index >= 15 is 8.78 Å². The van der Waals surface area contributed by atoms with E-state index in [1.165, 1.54) is 30.3 Å². The molecule has 36 heavy (non-hydrogen) atoms. The zero-order valence-electron chi connectivity index (χ0n) is 20.0. The molecular formula is C27H28Cl2F2N2O3. The van der Waals surface area contributed by atoms with Gasteiger partial charge in [-0.3, -0.25) is 10.1 Å². The average molecular weight is 537 g/mol. The topological polar surface area (TPSA) is 82.4 Å². The smallest absolute Gasteiger partial charge is 0.321 e. The summed E-state index contributed by atoms with van der Waals surface area (Å²) in [6, 6.07) is 8.31. The van der Waals surface area contributed by atoms with E-state index < -0.39 is 41.0 Å². The number of nitrogens with zero attached hydrogens (tertiary/aromatic N) is 1. The number of hydrogen-bond donors (Lipinski definition) is 2. The van der Waals surface area contributed by atoms with Crippen molar-refractivity contribution in [1.82, 2.24) is 5.32 Å². The van der Waals surface area contributed by atoms with Gasteiger partial charge in [0.15, 0.2) is 0 Å². The van der Waals surface area contributed by atoms with Crippen molar-refractivity contribution in [3.63, 3.8) is 0 Å². The number of hydrogen-bond acceptors (Lipinski definition) is 4. The van der Waals surface area contributed by atoms with Crippen LogP contribution in [0, 0.1) is 34.3 Å². The van der Waals surface area contributed by atoms with Crippen molar-refractivity contribution in [2.24, 2.45) is 11.3 Å². The summed E-state index contributed by atoms with van der Waals surface area (Å²) in [6.45, 7) is 5.37. The minimum absolute atomic E-state index is 0.0252. The molecule has 2 aromatic rings. The molecule has 0 aliphatic carbocycles. The second-order valence-corrected chi connectivity index (χ2v) is 11.2. The van der Waals surface area contributed by atoms with E-state index in [-0.39, 0.29) is 32.5 Å². The number of rotatable bonds is 6. The number of halogens is 4. The number of nitriles is 1. The molecule has 2 aliphatic rings. The predicted molar refractivity (Wildman–Crippen MR) is 133 cm³/mol. The first-order valence-electron chi connectivity index (χ1n) is 11.9. The van der Waals surface area contributed by atoms with Crippen molar-refractivity contribution in [1.29, 1.82) is 5.26 Å². The van der Waals surface area contributed by atoms with Gasteiger partial charge in [-0.25, -0.2) is 8.78 Å². The maximum absolute atomic E-state index is 15.5. The molecule has 0 bridgehead atoms. The highest BCUT2D eigenvalue weighted by molar-refractivity contribution is 6.31. The Morgan fingerprint density at radius 1 is 1.25 bits per heavy atom. The number of carbonyl (C=O) groups is 1. The molecule has 2 aliphatic heterocycles. The average Bonchev–Trinajstić information content (AvgIpc) is 3.15. The third-order valence-corrected chi connectivity index (χ3v) is 8.48. The van der Waals surface area contributed by atoms with Crippen LogP contribution in [0.4, 0.5) is 8.78 Å². The van der Waals surface area contributed by atoms with Crippen LogP contribution in [0.2, 0.25) is 10.0 Å². The number of carboxylic acid groups (broad SMARTS) is 1. The van der Waals surface area contributed by atoms with Gasteiger partial charge in [-0.15, -0.1) is 0 Å². The number of benzene rings is 2. The van der Waals surface area contributed by atoms with Crippen LogP contribution in [0.1, 0.15) is 50.2 Å². The zero-order chi connectivity index (χ0) is 26.3. The van der Waals surface area contributed by atoms with E-state index in [0.29, 0.717) is 19.6 Å². The zero-order valence-corrected chi connectivity index (χ0v) is 21.5. The van der Waals surface area contributed by atoms with Gasteiger partial charge < -0.3 is 9.84 Å². The molecule has 0 spiro atoms. The van der Waals surface area contributed by atoms with Crippen LogP contribution in [-0.2, 0) is 14.9 Å².